The molecule has 162 valence electrons. The van der Waals surface area contributed by atoms with Gasteiger partial charge in [-0.3, -0.25) is 9.59 Å². The van der Waals surface area contributed by atoms with Crippen molar-refractivity contribution in [2.75, 3.05) is 4.90 Å². The fourth-order valence-corrected chi connectivity index (χ4v) is 4.50. The minimum absolute atomic E-state index is 0.0565. The van der Waals surface area contributed by atoms with Crippen LogP contribution in [0.2, 0.25) is 0 Å². The molecule has 1 N–H and O–H groups in total. The van der Waals surface area contributed by atoms with Crippen LogP contribution >= 0.6 is 11.8 Å². The Balaban J connectivity index is 1.64. The Kier molecular flexibility index (Phi) is 6.42. The number of nitrogens with one attached hydrogen (secondary N) is 1. The SMILES string of the molecule is CC(C)NC(=O)c1ccc(C=C2Sc3ccccc3N(Cc3ccccc3F)C2=O)cc1. The number of benzene rings is 3. The Bertz CT molecular complexity index is 1190. The molecule has 0 spiro atoms. The van der Waals surface area contributed by atoms with Crippen molar-refractivity contribution in [1.29, 1.82) is 0 Å². The molecule has 0 bridgehead atoms. The second-order valence-electron chi connectivity index (χ2n) is 7.81. The van der Waals surface area contributed by atoms with Crippen LogP contribution in [0.15, 0.2) is 82.6 Å². The van der Waals surface area contributed by atoms with Crippen molar-refractivity contribution in [3.63, 3.8) is 0 Å². The summed E-state index contributed by atoms with van der Waals surface area (Å²) in [6, 6.07) is 21.3. The van der Waals surface area contributed by atoms with Gasteiger partial charge in [-0.05, 0) is 55.8 Å². The molecule has 0 saturated carbocycles. The third-order valence-corrected chi connectivity index (χ3v) is 6.09. The van der Waals surface area contributed by atoms with Crippen molar-refractivity contribution in [2.24, 2.45) is 0 Å². The van der Waals surface area contributed by atoms with E-state index in [1.54, 1.807) is 41.3 Å². The molecule has 0 aromatic heterocycles. The lowest BCUT2D eigenvalue weighted by atomic mass is 10.1. The number of amides is 2. The van der Waals surface area contributed by atoms with E-state index in [0.29, 0.717) is 16.0 Å². The van der Waals surface area contributed by atoms with E-state index in [1.165, 1.54) is 17.8 Å². The molecule has 32 heavy (non-hydrogen) atoms. The van der Waals surface area contributed by atoms with Crippen molar-refractivity contribution in [1.82, 2.24) is 5.32 Å². The van der Waals surface area contributed by atoms with E-state index in [4.69, 9.17) is 0 Å². The van der Waals surface area contributed by atoms with Gasteiger partial charge in [0.1, 0.15) is 5.82 Å². The Morgan fingerprint density at radius 1 is 1.03 bits per heavy atom. The fourth-order valence-electron chi connectivity index (χ4n) is 3.44. The lowest BCUT2D eigenvalue weighted by Gasteiger charge is -2.30. The van der Waals surface area contributed by atoms with E-state index in [1.807, 2.05) is 50.2 Å². The largest absolute Gasteiger partial charge is 0.350 e. The van der Waals surface area contributed by atoms with Crippen LogP contribution in [0.5, 0.6) is 0 Å². The molecule has 0 atom stereocenters. The highest BCUT2D eigenvalue weighted by Crippen LogP contribution is 2.42. The number of halogens is 1. The third kappa shape index (κ3) is 4.75. The van der Waals surface area contributed by atoms with E-state index in [2.05, 4.69) is 5.32 Å². The Morgan fingerprint density at radius 2 is 1.72 bits per heavy atom. The molecule has 4 nitrogen and oxygen atoms in total. The monoisotopic (exact) mass is 446 g/mol. The van der Waals surface area contributed by atoms with Gasteiger partial charge in [-0.15, -0.1) is 0 Å². The minimum Gasteiger partial charge on any atom is -0.350 e. The van der Waals surface area contributed by atoms with E-state index in [9.17, 15) is 14.0 Å². The zero-order valence-electron chi connectivity index (χ0n) is 17.8. The van der Waals surface area contributed by atoms with Crippen LogP contribution in [-0.4, -0.2) is 17.9 Å². The first-order valence-electron chi connectivity index (χ1n) is 10.4. The van der Waals surface area contributed by atoms with Crippen LogP contribution in [0.4, 0.5) is 10.1 Å². The highest BCUT2D eigenvalue weighted by atomic mass is 32.2. The van der Waals surface area contributed by atoms with E-state index in [-0.39, 0.29) is 30.2 Å². The number of carbonyl (C=O) groups excluding carboxylic acids is 2. The lowest BCUT2D eigenvalue weighted by Crippen LogP contribution is -2.34. The second kappa shape index (κ2) is 9.40. The van der Waals surface area contributed by atoms with Gasteiger partial charge in [-0.2, -0.15) is 0 Å². The van der Waals surface area contributed by atoms with Crippen LogP contribution in [0.3, 0.4) is 0 Å². The smallest absolute Gasteiger partial charge is 0.265 e. The van der Waals surface area contributed by atoms with Crippen LogP contribution < -0.4 is 10.2 Å². The molecular weight excluding hydrogens is 423 g/mol. The van der Waals surface area contributed by atoms with Crippen LogP contribution in [-0.2, 0) is 11.3 Å². The predicted molar refractivity (Wildman–Crippen MR) is 127 cm³/mol. The number of fused-ring (bicyclic) bond motifs is 1. The Hall–Kier alpha value is -3.38. The first kappa shape index (κ1) is 21.8. The molecule has 2 amide bonds. The van der Waals surface area contributed by atoms with Gasteiger partial charge < -0.3 is 10.2 Å². The summed E-state index contributed by atoms with van der Waals surface area (Å²) in [5, 5.41) is 2.86. The normalized spacial score (nSPS) is 14.6. The molecule has 3 aromatic carbocycles. The van der Waals surface area contributed by atoms with Gasteiger partial charge >= 0.3 is 0 Å². The number of carbonyl (C=O) groups is 2. The van der Waals surface area contributed by atoms with E-state index in [0.717, 1.165) is 16.1 Å². The maximum atomic E-state index is 14.3. The fraction of sp³-hybridized carbons (Fsp3) is 0.154. The first-order chi connectivity index (χ1) is 15.4. The summed E-state index contributed by atoms with van der Waals surface area (Å²) >= 11 is 1.39. The summed E-state index contributed by atoms with van der Waals surface area (Å²) < 4.78 is 14.3. The molecule has 1 heterocycles. The summed E-state index contributed by atoms with van der Waals surface area (Å²) in [4.78, 5) is 28.6. The molecular formula is C26H23FN2O2S. The van der Waals surface area contributed by atoms with Crippen molar-refractivity contribution in [3.05, 3.63) is 100 Å². The number of hydrogen-bond donors (Lipinski definition) is 1. The topological polar surface area (TPSA) is 49.4 Å². The van der Waals surface area contributed by atoms with Crippen molar-refractivity contribution < 1.29 is 14.0 Å². The minimum atomic E-state index is -0.336. The van der Waals surface area contributed by atoms with Gasteiger partial charge in [0.2, 0.25) is 0 Å². The molecule has 3 aromatic rings. The number of rotatable bonds is 5. The van der Waals surface area contributed by atoms with Crippen molar-refractivity contribution in [3.8, 4) is 0 Å². The van der Waals surface area contributed by atoms with Crippen LogP contribution in [0.1, 0.15) is 35.3 Å². The van der Waals surface area contributed by atoms with Gasteiger partial charge in [-0.1, -0.05) is 54.2 Å². The van der Waals surface area contributed by atoms with E-state index < -0.39 is 0 Å². The van der Waals surface area contributed by atoms with Gasteiger partial charge in [0.05, 0.1) is 17.1 Å². The second-order valence-corrected chi connectivity index (χ2v) is 8.90. The lowest BCUT2D eigenvalue weighted by molar-refractivity contribution is -0.114. The molecule has 0 fully saturated rings. The maximum absolute atomic E-state index is 14.3. The zero-order valence-corrected chi connectivity index (χ0v) is 18.7. The quantitative estimate of drug-likeness (QED) is 0.516. The molecule has 0 radical (unpaired) electrons. The van der Waals surface area contributed by atoms with Crippen LogP contribution in [0, 0.1) is 5.82 Å². The summed E-state index contributed by atoms with van der Waals surface area (Å²) in [5.74, 6) is -0.650. The van der Waals surface area contributed by atoms with Gasteiger partial charge in [0.15, 0.2) is 0 Å². The first-order valence-corrected chi connectivity index (χ1v) is 11.2. The molecule has 0 aliphatic carbocycles. The highest BCUT2D eigenvalue weighted by molar-refractivity contribution is 8.04. The Morgan fingerprint density at radius 3 is 2.44 bits per heavy atom. The third-order valence-electron chi connectivity index (χ3n) is 5.01. The molecule has 1 aliphatic rings. The standard InChI is InChI=1S/C26H23FN2O2S/c1-17(2)28-25(30)19-13-11-18(12-14-19)15-24-26(31)29(16-20-7-3-4-8-21(20)27)22-9-5-6-10-23(22)32-24/h3-15,17H,16H2,1-2H3,(H,28,30). The summed E-state index contributed by atoms with van der Waals surface area (Å²) in [6.07, 6.45) is 1.81. The van der Waals surface area contributed by atoms with Crippen molar-refractivity contribution >= 4 is 35.3 Å². The Labute approximate surface area is 191 Å². The number of anilines is 1. The molecule has 1 aliphatic heterocycles. The molecule has 4 rings (SSSR count). The molecule has 0 saturated heterocycles. The summed E-state index contributed by atoms with van der Waals surface area (Å²) in [5.41, 5.74) is 2.60. The number of nitrogens with zero attached hydrogens (tertiary/aromatic N) is 1. The summed E-state index contributed by atoms with van der Waals surface area (Å²) in [7, 11) is 0. The van der Waals surface area contributed by atoms with Crippen molar-refractivity contribution in [2.45, 2.75) is 31.3 Å². The van der Waals surface area contributed by atoms with Gasteiger partial charge in [-0.25, -0.2) is 4.39 Å². The average Bonchev–Trinajstić information content (AvgIpc) is 2.78. The van der Waals surface area contributed by atoms with Crippen LogP contribution in [0.25, 0.3) is 6.08 Å². The maximum Gasteiger partial charge on any atom is 0.265 e. The number of thioether (sulfide) groups is 1. The summed E-state index contributed by atoms with van der Waals surface area (Å²) in [6.45, 7) is 3.97. The molecule has 6 heteroatoms. The zero-order chi connectivity index (χ0) is 22.7. The highest BCUT2D eigenvalue weighted by Gasteiger charge is 2.29. The average molecular weight is 447 g/mol. The van der Waals surface area contributed by atoms with Gasteiger partial charge in [0, 0.05) is 22.1 Å². The number of hydrogen-bond acceptors (Lipinski definition) is 3. The predicted octanol–water partition coefficient (Wildman–Crippen LogP) is 5.64. The van der Waals surface area contributed by atoms with Gasteiger partial charge in [0.25, 0.3) is 11.8 Å². The van der Waals surface area contributed by atoms with E-state index >= 15 is 0 Å². The number of para-hydroxylation sites is 1. The molecule has 0 unspecified atom stereocenters.